The number of carbonyl (C=O) groups is 1. The molecular weight excluding hydrogens is 382 g/mol. The van der Waals surface area contributed by atoms with Crippen LogP contribution in [-0.2, 0) is 17.6 Å². The monoisotopic (exact) mass is 405 g/mol. The van der Waals surface area contributed by atoms with Gasteiger partial charge in [0.2, 0.25) is 5.91 Å². The van der Waals surface area contributed by atoms with Gasteiger partial charge in [-0.1, -0.05) is 42.5 Å². The normalized spacial score (nSPS) is 12.8. The van der Waals surface area contributed by atoms with Crippen molar-refractivity contribution in [1.29, 1.82) is 0 Å². The van der Waals surface area contributed by atoms with Crippen LogP contribution in [0.4, 0.5) is 5.69 Å². The number of nitrogens with one attached hydrogen (secondary N) is 1. The van der Waals surface area contributed by atoms with E-state index in [0.29, 0.717) is 6.42 Å². The third-order valence-corrected chi connectivity index (χ3v) is 7.28. The van der Waals surface area contributed by atoms with Crippen molar-refractivity contribution in [3.05, 3.63) is 90.0 Å². The van der Waals surface area contributed by atoms with Gasteiger partial charge < -0.3 is 5.32 Å². The molecule has 0 heterocycles. The van der Waals surface area contributed by atoms with Crippen molar-refractivity contribution in [3.8, 4) is 0 Å². The van der Waals surface area contributed by atoms with Crippen molar-refractivity contribution in [1.82, 2.24) is 0 Å². The molecule has 0 bridgehead atoms. The molecule has 0 aromatic heterocycles. The highest BCUT2D eigenvalue weighted by Crippen LogP contribution is 2.37. The van der Waals surface area contributed by atoms with E-state index < -0.39 is 0 Å². The first-order chi connectivity index (χ1) is 13.8. The largest absolute Gasteiger partial charge is 0.326 e. The summed E-state index contributed by atoms with van der Waals surface area (Å²) < 4.78 is 0.110. The summed E-state index contributed by atoms with van der Waals surface area (Å²) in [6.45, 7) is 0. The first-order valence-corrected chi connectivity index (χ1v) is 11.4. The van der Waals surface area contributed by atoms with Crippen molar-refractivity contribution in [3.63, 3.8) is 0 Å². The lowest BCUT2D eigenvalue weighted by Crippen LogP contribution is -2.16. The van der Waals surface area contributed by atoms with Crippen LogP contribution >= 0.6 is 23.5 Å². The van der Waals surface area contributed by atoms with Crippen molar-refractivity contribution in [2.75, 3.05) is 5.32 Å². The van der Waals surface area contributed by atoms with Crippen LogP contribution < -0.4 is 5.32 Å². The molecule has 0 unspecified atom stereocenters. The molecule has 1 aliphatic rings. The average molecular weight is 406 g/mol. The molecule has 4 heteroatoms. The summed E-state index contributed by atoms with van der Waals surface area (Å²) >= 11 is 3.49. The van der Waals surface area contributed by atoms with Crippen molar-refractivity contribution in [2.24, 2.45) is 0 Å². The molecule has 1 N–H and O–H groups in total. The zero-order valence-electron chi connectivity index (χ0n) is 15.6. The molecular formula is C24H23NOS2. The highest BCUT2D eigenvalue weighted by Gasteiger charge is 2.18. The topological polar surface area (TPSA) is 29.1 Å². The number of carbonyl (C=O) groups excluding carboxylic acids is 1. The fourth-order valence-electron chi connectivity index (χ4n) is 3.42. The van der Waals surface area contributed by atoms with E-state index in [9.17, 15) is 4.79 Å². The molecule has 0 fully saturated rings. The number of thioether (sulfide) groups is 2. The number of amides is 1. The predicted octanol–water partition coefficient (Wildman–Crippen LogP) is 6.41. The van der Waals surface area contributed by atoms with Gasteiger partial charge in [-0.2, -0.15) is 0 Å². The quantitative estimate of drug-likeness (QED) is 0.363. The molecule has 142 valence electrons. The summed E-state index contributed by atoms with van der Waals surface area (Å²) in [5.74, 6) is 0.0646. The van der Waals surface area contributed by atoms with Gasteiger partial charge >= 0.3 is 0 Å². The van der Waals surface area contributed by atoms with Crippen LogP contribution in [0.25, 0.3) is 0 Å². The van der Waals surface area contributed by atoms with Gasteiger partial charge in [-0.15, -0.1) is 23.5 Å². The summed E-state index contributed by atoms with van der Waals surface area (Å²) in [5.41, 5.74) is 3.72. The fourth-order valence-corrected chi connectivity index (χ4v) is 5.99. The van der Waals surface area contributed by atoms with Crippen LogP contribution in [0.3, 0.4) is 0 Å². The van der Waals surface area contributed by atoms with E-state index in [2.05, 4.69) is 41.7 Å². The molecule has 28 heavy (non-hydrogen) atoms. The summed E-state index contributed by atoms with van der Waals surface area (Å²) in [6.07, 6.45) is 3.95. The maximum atomic E-state index is 12.8. The Balaban J connectivity index is 1.44. The van der Waals surface area contributed by atoms with Crippen LogP contribution in [0.5, 0.6) is 0 Å². The van der Waals surface area contributed by atoms with Crippen LogP contribution in [0.2, 0.25) is 0 Å². The maximum Gasteiger partial charge on any atom is 0.226 e. The highest BCUT2D eigenvalue weighted by atomic mass is 32.2. The Labute approximate surface area is 175 Å². The number of fused-ring (bicyclic) bond motifs is 1. The molecule has 0 atom stereocenters. The molecule has 0 spiro atoms. The lowest BCUT2D eigenvalue weighted by atomic mass is 10.1. The SMILES string of the molecule is O=C(CC(Sc1ccccc1)Sc1ccccc1)Nc1ccc2c(c1)CCC2. The van der Waals surface area contributed by atoms with Crippen LogP contribution in [-0.4, -0.2) is 10.5 Å². The second-order valence-corrected chi connectivity index (χ2v) is 9.73. The zero-order chi connectivity index (χ0) is 19.2. The van der Waals surface area contributed by atoms with E-state index in [1.807, 2.05) is 42.5 Å². The molecule has 3 aromatic rings. The van der Waals surface area contributed by atoms with Crippen LogP contribution in [0.15, 0.2) is 88.7 Å². The van der Waals surface area contributed by atoms with E-state index in [-0.39, 0.29) is 10.5 Å². The van der Waals surface area contributed by atoms with E-state index in [1.54, 1.807) is 23.5 Å². The minimum Gasteiger partial charge on any atom is -0.326 e. The van der Waals surface area contributed by atoms with E-state index >= 15 is 0 Å². The molecule has 1 amide bonds. The number of benzene rings is 3. The standard InChI is InChI=1S/C24H23NOS2/c26-23(25-20-15-14-18-8-7-9-19(18)16-20)17-24(27-21-10-3-1-4-11-21)28-22-12-5-2-6-13-22/h1-6,10-16,24H,7-9,17H2,(H,25,26). The molecule has 4 rings (SSSR count). The number of hydrogen-bond acceptors (Lipinski definition) is 3. The summed E-state index contributed by atoms with van der Waals surface area (Å²) in [4.78, 5) is 15.1. The van der Waals surface area contributed by atoms with Gasteiger partial charge in [0.25, 0.3) is 0 Å². The lowest BCUT2D eigenvalue weighted by molar-refractivity contribution is -0.115. The van der Waals surface area contributed by atoms with Gasteiger partial charge in [-0.25, -0.2) is 0 Å². The number of aryl methyl sites for hydroxylation is 2. The molecule has 1 aliphatic carbocycles. The van der Waals surface area contributed by atoms with Gasteiger partial charge in [0.05, 0.1) is 4.58 Å². The van der Waals surface area contributed by atoms with Crippen LogP contribution in [0, 0.1) is 0 Å². The molecule has 3 aromatic carbocycles. The Bertz CT molecular complexity index is 886. The molecule has 0 radical (unpaired) electrons. The summed E-state index contributed by atoms with van der Waals surface area (Å²) in [7, 11) is 0. The average Bonchev–Trinajstić information content (AvgIpc) is 3.17. The lowest BCUT2D eigenvalue weighted by Gasteiger charge is -2.16. The predicted molar refractivity (Wildman–Crippen MR) is 120 cm³/mol. The van der Waals surface area contributed by atoms with Gasteiger partial charge in [-0.3, -0.25) is 4.79 Å². The van der Waals surface area contributed by atoms with E-state index in [0.717, 1.165) is 18.5 Å². The number of hydrogen-bond donors (Lipinski definition) is 1. The number of rotatable bonds is 7. The van der Waals surface area contributed by atoms with E-state index in [4.69, 9.17) is 0 Å². The fraction of sp³-hybridized carbons (Fsp3) is 0.208. The summed E-state index contributed by atoms with van der Waals surface area (Å²) in [6, 6.07) is 26.9. The molecule has 0 saturated carbocycles. The minimum absolute atomic E-state index is 0.0646. The third kappa shape index (κ3) is 5.21. The third-order valence-electron chi connectivity index (χ3n) is 4.76. The van der Waals surface area contributed by atoms with Gasteiger partial charge in [0, 0.05) is 21.9 Å². The molecule has 0 aliphatic heterocycles. The Morgan fingerprint density at radius 2 is 1.43 bits per heavy atom. The van der Waals surface area contributed by atoms with Gasteiger partial charge in [0.1, 0.15) is 0 Å². The Kier molecular flexibility index (Phi) is 6.40. The highest BCUT2D eigenvalue weighted by molar-refractivity contribution is 8.17. The Morgan fingerprint density at radius 1 is 0.821 bits per heavy atom. The second-order valence-electron chi connectivity index (χ2n) is 6.88. The first kappa shape index (κ1) is 19.2. The second kappa shape index (κ2) is 9.35. The summed E-state index contributed by atoms with van der Waals surface area (Å²) in [5, 5.41) is 3.11. The maximum absolute atomic E-state index is 12.8. The molecule has 0 saturated heterocycles. The van der Waals surface area contributed by atoms with Gasteiger partial charge in [-0.05, 0) is 66.8 Å². The zero-order valence-corrected chi connectivity index (χ0v) is 17.3. The van der Waals surface area contributed by atoms with Crippen molar-refractivity contribution < 1.29 is 4.79 Å². The van der Waals surface area contributed by atoms with Crippen LogP contribution in [0.1, 0.15) is 24.0 Å². The Hall–Kier alpha value is -2.17. The van der Waals surface area contributed by atoms with Crippen molar-refractivity contribution >= 4 is 35.1 Å². The van der Waals surface area contributed by atoms with Crippen molar-refractivity contribution in [2.45, 2.75) is 40.1 Å². The smallest absolute Gasteiger partial charge is 0.226 e. The Morgan fingerprint density at radius 3 is 2.07 bits per heavy atom. The first-order valence-electron chi connectivity index (χ1n) is 9.61. The number of anilines is 1. The molecule has 2 nitrogen and oxygen atoms in total. The van der Waals surface area contributed by atoms with Gasteiger partial charge in [0.15, 0.2) is 0 Å². The van der Waals surface area contributed by atoms with E-state index in [1.165, 1.54) is 27.3 Å². The minimum atomic E-state index is 0.0646.